The number of aromatic hydroxyl groups is 1. The molecule has 3 aromatic rings. The van der Waals surface area contributed by atoms with Crippen molar-refractivity contribution in [2.45, 2.75) is 6.42 Å². The van der Waals surface area contributed by atoms with E-state index in [0.29, 0.717) is 28.9 Å². The smallest absolute Gasteiger partial charge is 0.283 e. The summed E-state index contributed by atoms with van der Waals surface area (Å²) in [7, 11) is 1.47. The number of hydrogen-bond donors (Lipinski definition) is 1. The Kier molecular flexibility index (Phi) is 6.04. The van der Waals surface area contributed by atoms with Crippen LogP contribution in [0.3, 0.4) is 0 Å². The van der Waals surface area contributed by atoms with E-state index in [9.17, 15) is 20.0 Å². The second-order valence-corrected chi connectivity index (χ2v) is 6.35. The molecule has 0 heterocycles. The molecule has 29 heavy (non-hydrogen) atoms. The van der Waals surface area contributed by atoms with Gasteiger partial charge in [0.15, 0.2) is 5.78 Å². The fourth-order valence-corrected chi connectivity index (χ4v) is 3.04. The molecule has 6 heteroatoms. The molecule has 146 valence electrons. The topological polar surface area (TPSA) is 89.7 Å². The monoisotopic (exact) mass is 389 g/mol. The van der Waals surface area contributed by atoms with Crippen molar-refractivity contribution in [2.75, 3.05) is 7.11 Å². The van der Waals surface area contributed by atoms with E-state index in [4.69, 9.17) is 4.74 Å². The van der Waals surface area contributed by atoms with E-state index in [1.165, 1.54) is 43.5 Å². The summed E-state index contributed by atoms with van der Waals surface area (Å²) < 4.78 is 5.35. The number of methoxy groups -OCH3 is 1. The molecular weight excluding hydrogens is 370 g/mol. The van der Waals surface area contributed by atoms with Gasteiger partial charge >= 0.3 is 0 Å². The Balaban J connectivity index is 2.00. The highest BCUT2D eigenvalue weighted by molar-refractivity contribution is 6.07. The van der Waals surface area contributed by atoms with Gasteiger partial charge in [-0.25, -0.2) is 0 Å². The zero-order valence-electron chi connectivity index (χ0n) is 15.7. The van der Waals surface area contributed by atoms with Crippen molar-refractivity contribution in [1.29, 1.82) is 0 Å². The van der Waals surface area contributed by atoms with Gasteiger partial charge in [-0.2, -0.15) is 0 Å². The quantitative estimate of drug-likeness (QED) is 0.271. The standard InChI is InChI=1S/C23H19NO5/c1-29-22-14-10-18(9-13-21(26)17-7-11-19(25)12-8-17)23(24(27)28)20(22)15-16-5-3-2-4-6-16/h2-14,25H,15H2,1H3. The molecular formula is C23H19NO5. The number of nitrogens with zero attached hydrogens (tertiary/aromatic N) is 1. The number of hydrogen-bond acceptors (Lipinski definition) is 5. The molecule has 1 N–H and O–H groups in total. The van der Waals surface area contributed by atoms with E-state index in [0.717, 1.165) is 5.56 Å². The number of ether oxygens (including phenoxy) is 1. The second kappa shape index (κ2) is 8.84. The van der Waals surface area contributed by atoms with Crippen LogP contribution in [-0.2, 0) is 6.42 Å². The molecule has 0 atom stereocenters. The summed E-state index contributed by atoms with van der Waals surface area (Å²) >= 11 is 0. The number of benzene rings is 3. The van der Waals surface area contributed by atoms with Gasteiger partial charge in [-0.1, -0.05) is 30.3 Å². The van der Waals surface area contributed by atoms with Crippen LogP contribution in [0, 0.1) is 10.1 Å². The van der Waals surface area contributed by atoms with Gasteiger partial charge in [-0.15, -0.1) is 0 Å². The molecule has 0 fully saturated rings. The lowest BCUT2D eigenvalue weighted by molar-refractivity contribution is -0.385. The molecule has 0 aliphatic heterocycles. The van der Waals surface area contributed by atoms with E-state index < -0.39 is 4.92 Å². The first kappa shape index (κ1) is 19.8. The highest BCUT2D eigenvalue weighted by Crippen LogP contribution is 2.34. The average Bonchev–Trinajstić information content (AvgIpc) is 2.73. The maximum atomic E-state index is 12.3. The first-order valence-corrected chi connectivity index (χ1v) is 8.89. The zero-order valence-corrected chi connectivity index (χ0v) is 15.7. The minimum atomic E-state index is -0.453. The zero-order chi connectivity index (χ0) is 20.8. The van der Waals surface area contributed by atoms with Crippen LogP contribution in [0.5, 0.6) is 11.5 Å². The SMILES string of the molecule is COc1ccc(C=CC(=O)c2ccc(O)cc2)c([N+](=O)[O-])c1Cc1ccccc1. The summed E-state index contributed by atoms with van der Waals surface area (Å²) in [4.78, 5) is 23.8. The molecule has 0 amide bonds. The summed E-state index contributed by atoms with van der Waals surface area (Å²) in [5.74, 6) is 0.157. The third kappa shape index (κ3) is 4.68. The van der Waals surface area contributed by atoms with Crippen LogP contribution in [0.2, 0.25) is 0 Å². The molecule has 0 radical (unpaired) electrons. The fourth-order valence-electron chi connectivity index (χ4n) is 3.04. The molecule has 0 saturated heterocycles. The van der Waals surface area contributed by atoms with E-state index in [-0.39, 0.29) is 17.2 Å². The van der Waals surface area contributed by atoms with Crippen molar-refractivity contribution in [3.05, 3.63) is 105 Å². The van der Waals surface area contributed by atoms with Gasteiger partial charge < -0.3 is 9.84 Å². The van der Waals surface area contributed by atoms with Crippen LogP contribution in [0.1, 0.15) is 27.0 Å². The number of nitro groups is 1. The molecule has 0 saturated carbocycles. The van der Waals surface area contributed by atoms with Crippen LogP contribution >= 0.6 is 0 Å². The summed E-state index contributed by atoms with van der Waals surface area (Å²) in [5.41, 5.74) is 1.95. The van der Waals surface area contributed by atoms with Crippen LogP contribution in [-0.4, -0.2) is 22.9 Å². The lowest BCUT2D eigenvalue weighted by atomic mass is 9.98. The van der Waals surface area contributed by atoms with Gasteiger partial charge in [0.05, 0.1) is 23.2 Å². The van der Waals surface area contributed by atoms with E-state index in [1.54, 1.807) is 12.1 Å². The minimum absolute atomic E-state index is 0.0573. The predicted molar refractivity (Wildman–Crippen MR) is 110 cm³/mol. The molecule has 0 spiro atoms. The molecule has 6 nitrogen and oxygen atoms in total. The number of carbonyl (C=O) groups excluding carboxylic acids is 1. The molecule has 3 rings (SSSR count). The summed E-state index contributed by atoms with van der Waals surface area (Å²) in [6.07, 6.45) is 3.04. The number of ketones is 1. The van der Waals surface area contributed by atoms with Gasteiger partial charge in [0.1, 0.15) is 11.5 Å². The van der Waals surface area contributed by atoms with Crippen molar-refractivity contribution >= 4 is 17.5 Å². The minimum Gasteiger partial charge on any atom is -0.508 e. The first-order valence-electron chi connectivity index (χ1n) is 8.89. The van der Waals surface area contributed by atoms with Gasteiger partial charge in [0.2, 0.25) is 0 Å². The maximum Gasteiger partial charge on any atom is 0.283 e. The third-order valence-corrected chi connectivity index (χ3v) is 4.46. The Hall–Kier alpha value is -3.93. The van der Waals surface area contributed by atoms with Crippen molar-refractivity contribution in [3.63, 3.8) is 0 Å². The van der Waals surface area contributed by atoms with Crippen molar-refractivity contribution in [2.24, 2.45) is 0 Å². The van der Waals surface area contributed by atoms with Crippen molar-refractivity contribution < 1.29 is 19.6 Å². The van der Waals surface area contributed by atoms with Crippen molar-refractivity contribution in [1.82, 2.24) is 0 Å². The van der Waals surface area contributed by atoms with E-state index in [2.05, 4.69) is 0 Å². The van der Waals surface area contributed by atoms with E-state index in [1.807, 2.05) is 30.3 Å². The van der Waals surface area contributed by atoms with Crippen LogP contribution < -0.4 is 4.74 Å². The molecule has 0 aliphatic carbocycles. The number of nitro benzene ring substituents is 1. The second-order valence-electron chi connectivity index (χ2n) is 6.35. The number of phenolic OH excluding ortho intramolecular Hbond substituents is 1. The largest absolute Gasteiger partial charge is 0.508 e. The lowest BCUT2D eigenvalue weighted by Gasteiger charge is -2.11. The molecule has 0 aliphatic rings. The number of allylic oxidation sites excluding steroid dienone is 1. The Morgan fingerprint density at radius 3 is 2.38 bits per heavy atom. The highest BCUT2D eigenvalue weighted by Gasteiger charge is 2.23. The van der Waals surface area contributed by atoms with Crippen molar-refractivity contribution in [3.8, 4) is 11.5 Å². The predicted octanol–water partition coefficient (Wildman–Crippen LogP) is 4.80. The van der Waals surface area contributed by atoms with Gasteiger partial charge in [0, 0.05) is 12.0 Å². The van der Waals surface area contributed by atoms with Crippen LogP contribution in [0.15, 0.2) is 72.8 Å². The Bertz CT molecular complexity index is 1060. The summed E-state index contributed by atoms with van der Waals surface area (Å²) in [5, 5.41) is 21.2. The Morgan fingerprint density at radius 2 is 1.76 bits per heavy atom. The van der Waals surface area contributed by atoms with Crippen LogP contribution in [0.25, 0.3) is 6.08 Å². The highest BCUT2D eigenvalue weighted by atomic mass is 16.6. The summed E-state index contributed by atoms with van der Waals surface area (Å²) in [6, 6.07) is 18.4. The van der Waals surface area contributed by atoms with E-state index >= 15 is 0 Å². The summed E-state index contributed by atoms with van der Waals surface area (Å²) in [6.45, 7) is 0. The molecule has 0 unspecified atom stereocenters. The maximum absolute atomic E-state index is 12.3. The molecule has 0 bridgehead atoms. The van der Waals surface area contributed by atoms with Gasteiger partial charge in [-0.05, 0) is 54.1 Å². The first-order chi connectivity index (χ1) is 14.0. The average molecular weight is 389 g/mol. The third-order valence-electron chi connectivity index (χ3n) is 4.46. The molecule has 3 aromatic carbocycles. The number of phenols is 1. The van der Waals surface area contributed by atoms with Gasteiger partial charge in [-0.3, -0.25) is 14.9 Å². The van der Waals surface area contributed by atoms with Crippen LogP contribution in [0.4, 0.5) is 5.69 Å². The molecule has 0 aromatic heterocycles. The Morgan fingerprint density at radius 1 is 1.07 bits per heavy atom. The lowest BCUT2D eigenvalue weighted by Crippen LogP contribution is -2.03. The van der Waals surface area contributed by atoms with Gasteiger partial charge in [0.25, 0.3) is 5.69 Å². The number of rotatable bonds is 7. The normalized spacial score (nSPS) is 10.8. The number of carbonyl (C=O) groups is 1. The Labute approximate surface area is 167 Å². The fraction of sp³-hybridized carbons (Fsp3) is 0.0870.